The number of halogens is 2. The van der Waals surface area contributed by atoms with Crippen LogP contribution in [-0.2, 0) is 10.0 Å². The second-order valence-corrected chi connectivity index (χ2v) is 9.75. The molecule has 1 heterocycles. The monoisotopic (exact) mass is 424 g/mol. The molecule has 0 spiro atoms. The molecule has 8 heteroatoms. The Bertz CT molecular complexity index is 969. The molecule has 2 atom stereocenters. The molecule has 1 aliphatic rings. The van der Waals surface area contributed by atoms with Crippen LogP contribution < -0.4 is 5.32 Å². The molecule has 1 amide bonds. The topological polar surface area (TPSA) is 66.5 Å². The van der Waals surface area contributed by atoms with Gasteiger partial charge >= 0.3 is 0 Å². The first-order chi connectivity index (χ1) is 13.2. The molecule has 2 aromatic rings. The first-order valence-electron chi connectivity index (χ1n) is 9.03. The number of piperidine rings is 1. The predicted molar refractivity (Wildman–Crippen MR) is 108 cm³/mol. The van der Waals surface area contributed by atoms with Gasteiger partial charge in [0.25, 0.3) is 5.91 Å². The zero-order chi connectivity index (χ0) is 20.5. The first kappa shape index (κ1) is 20.8. The van der Waals surface area contributed by atoms with Crippen molar-refractivity contribution in [3.8, 4) is 0 Å². The lowest BCUT2D eigenvalue weighted by Gasteiger charge is -2.34. The fourth-order valence-corrected chi connectivity index (χ4v) is 5.35. The van der Waals surface area contributed by atoms with Gasteiger partial charge in [-0.15, -0.1) is 0 Å². The molecular formula is C20H22ClFN2O3S. The minimum absolute atomic E-state index is 0.00221. The van der Waals surface area contributed by atoms with Gasteiger partial charge in [-0.05, 0) is 60.7 Å². The zero-order valence-electron chi connectivity index (χ0n) is 15.7. The van der Waals surface area contributed by atoms with Crippen molar-refractivity contribution in [2.45, 2.75) is 25.2 Å². The van der Waals surface area contributed by atoms with Gasteiger partial charge in [-0.25, -0.2) is 12.8 Å². The van der Waals surface area contributed by atoms with E-state index in [9.17, 15) is 17.6 Å². The molecule has 1 saturated heterocycles. The van der Waals surface area contributed by atoms with Crippen molar-refractivity contribution in [3.05, 3.63) is 58.9 Å². The number of anilines is 1. The van der Waals surface area contributed by atoms with E-state index in [1.54, 1.807) is 0 Å². The third-order valence-corrected chi connectivity index (χ3v) is 6.85. The summed E-state index contributed by atoms with van der Waals surface area (Å²) < 4.78 is 41.1. The van der Waals surface area contributed by atoms with Gasteiger partial charge in [0.1, 0.15) is 5.82 Å². The molecule has 0 saturated carbocycles. The summed E-state index contributed by atoms with van der Waals surface area (Å²) >= 11 is 5.70. The molecule has 1 aliphatic heterocycles. The van der Waals surface area contributed by atoms with Crippen molar-refractivity contribution in [2.75, 3.05) is 18.4 Å². The smallest absolute Gasteiger partial charge is 0.255 e. The van der Waals surface area contributed by atoms with Crippen LogP contribution >= 0.6 is 11.6 Å². The average molecular weight is 425 g/mol. The molecular weight excluding hydrogens is 403 g/mol. The molecule has 0 aliphatic carbocycles. The number of carbonyl (C=O) groups is 1. The van der Waals surface area contributed by atoms with Crippen molar-refractivity contribution < 1.29 is 17.6 Å². The van der Waals surface area contributed by atoms with Gasteiger partial charge in [0.15, 0.2) is 0 Å². The molecule has 2 aromatic carbocycles. The Balaban J connectivity index is 1.76. The van der Waals surface area contributed by atoms with Gasteiger partial charge in [0.05, 0.1) is 10.6 Å². The molecule has 1 N–H and O–H groups in total. The van der Waals surface area contributed by atoms with E-state index in [1.807, 2.05) is 13.8 Å². The zero-order valence-corrected chi connectivity index (χ0v) is 17.2. The van der Waals surface area contributed by atoms with Crippen molar-refractivity contribution in [1.29, 1.82) is 0 Å². The SMILES string of the molecule is C[C@H]1C[C@H](C)CN(S(=O)(=O)c2ccc(C(=O)Nc3ccc(Cl)cc3F)cc2)C1. The van der Waals surface area contributed by atoms with E-state index in [4.69, 9.17) is 11.6 Å². The van der Waals surface area contributed by atoms with Crippen LogP contribution in [0.4, 0.5) is 10.1 Å². The Morgan fingerprint density at radius 2 is 1.71 bits per heavy atom. The van der Waals surface area contributed by atoms with Gasteiger partial charge in [-0.1, -0.05) is 25.4 Å². The van der Waals surface area contributed by atoms with E-state index in [-0.39, 0.29) is 21.2 Å². The highest BCUT2D eigenvalue weighted by atomic mass is 35.5. The van der Waals surface area contributed by atoms with Gasteiger partial charge in [-0.2, -0.15) is 4.31 Å². The number of nitrogens with one attached hydrogen (secondary N) is 1. The van der Waals surface area contributed by atoms with Crippen LogP contribution in [0.5, 0.6) is 0 Å². The Hall–Kier alpha value is -1.96. The quantitative estimate of drug-likeness (QED) is 0.791. The lowest BCUT2D eigenvalue weighted by atomic mass is 9.94. The number of amides is 1. The number of benzene rings is 2. The lowest BCUT2D eigenvalue weighted by molar-refractivity contribution is 0.102. The van der Waals surface area contributed by atoms with E-state index >= 15 is 0 Å². The number of hydrogen-bond acceptors (Lipinski definition) is 3. The third-order valence-electron chi connectivity index (χ3n) is 4.77. The molecule has 5 nitrogen and oxygen atoms in total. The Kier molecular flexibility index (Phi) is 6.07. The van der Waals surface area contributed by atoms with Gasteiger partial charge in [-0.3, -0.25) is 4.79 Å². The standard InChI is InChI=1S/C20H22ClFN2O3S/c1-13-9-14(2)12-24(11-13)28(26,27)17-6-3-15(4-7-17)20(25)23-19-8-5-16(21)10-18(19)22/h3-8,10,13-14H,9,11-12H2,1-2H3,(H,23,25)/t13-,14-/m0/s1. The van der Waals surface area contributed by atoms with Crippen LogP contribution in [0.2, 0.25) is 5.02 Å². The number of carbonyl (C=O) groups excluding carboxylic acids is 1. The number of hydrogen-bond donors (Lipinski definition) is 1. The molecule has 0 aromatic heterocycles. The summed E-state index contributed by atoms with van der Waals surface area (Å²) in [6.07, 6.45) is 1.01. The second-order valence-electron chi connectivity index (χ2n) is 7.37. The number of nitrogens with zero attached hydrogens (tertiary/aromatic N) is 1. The molecule has 0 bridgehead atoms. The first-order valence-corrected chi connectivity index (χ1v) is 10.8. The molecule has 0 radical (unpaired) electrons. The summed E-state index contributed by atoms with van der Waals surface area (Å²) in [6, 6.07) is 9.61. The maximum absolute atomic E-state index is 13.8. The summed E-state index contributed by atoms with van der Waals surface area (Å²) in [6.45, 7) is 5.07. The maximum atomic E-state index is 13.8. The van der Waals surface area contributed by atoms with E-state index in [0.717, 1.165) is 12.5 Å². The van der Waals surface area contributed by atoms with Gasteiger partial charge < -0.3 is 5.32 Å². The van der Waals surface area contributed by atoms with E-state index < -0.39 is 21.7 Å². The number of rotatable bonds is 4. The van der Waals surface area contributed by atoms with Crippen molar-refractivity contribution in [2.24, 2.45) is 11.8 Å². The minimum Gasteiger partial charge on any atom is -0.319 e. The van der Waals surface area contributed by atoms with Crippen molar-refractivity contribution in [1.82, 2.24) is 4.31 Å². The van der Waals surface area contributed by atoms with E-state index in [0.29, 0.717) is 24.9 Å². The summed E-state index contributed by atoms with van der Waals surface area (Å²) in [5.74, 6) is -0.575. The molecule has 150 valence electrons. The lowest BCUT2D eigenvalue weighted by Crippen LogP contribution is -2.42. The fourth-order valence-electron chi connectivity index (χ4n) is 3.51. The Morgan fingerprint density at radius 1 is 1.11 bits per heavy atom. The van der Waals surface area contributed by atoms with Gasteiger partial charge in [0, 0.05) is 23.7 Å². The van der Waals surface area contributed by atoms with Crippen LogP contribution in [-0.4, -0.2) is 31.7 Å². The molecule has 3 rings (SSSR count). The normalized spacial score (nSPS) is 20.7. The highest BCUT2D eigenvalue weighted by Crippen LogP contribution is 2.27. The molecule has 1 fully saturated rings. The Morgan fingerprint density at radius 3 is 2.29 bits per heavy atom. The summed E-state index contributed by atoms with van der Waals surface area (Å²) in [5, 5.41) is 2.68. The van der Waals surface area contributed by atoms with Crippen LogP contribution in [0.25, 0.3) is 0 Å². The second kappa shape index (κ2) is 8.19. The van der Waals surface area contributed by atoms with Crippen LogP contribution in [0.1, 0.15) is 30.6 Å². The van der Waals surface area contributed by atoms with Crippen molar-refractivity contribution in [3.63, 3.8) is 0 Å². The average Bonchev–Trinajstić information content (AvgIpc) is 2.63. The van der Waals surface area contributed by atoms with Crippen LogP contribution in [0.3, 0.4) is 0 Å². The maximum Gasteiger partial charge on any atom is 0.255 e. The predicted octanol–water partition coefficient (Wildman–Crippen LogP) is 4.40. The van der Waals surface area contributed by atoms with E-state index in [2.05, 4.69) is 5.32 Å². The van der Waals surface area contributed by atoms with Crippen molar-refractivity contribution >= 4 is 33.2 Å². The highest BCUT2D eigenvalue weighted by molar-refractivity contribution is 7.89. The van der Waals surface area contributed by atoms with Crippen LogP contribution in [0, 0.1) is 17.7 Å². The largest absolute Gasteiger partial charge is 0.319 e. The highest BCUT2D eigenvalue weighted by Gasteiger charge is 2.31. The molecule has 0 unspecified atom stereocenters. The van der Waals surface area contributed by atoms with Gasteiger partial charge in [0.2, 0.25) is 10.0 Å². The third kappa shape index (κ3) is 4.54. The molecule has 28 heavy (non-hydrogen) atoms. The van der Waals surface area contributed by atoms with E-state index in [1.165, 1.54) is 40.7 Å². The minimum atomic E-state index is -3.61. The Labute approximate surface area is 169 Å². The summed E-state index contributed by atoms with van der Waals surface area (Å²) in [7, 11) is -3.61. The summed E-state index contributed by atoms with van der Waals surface area (Å²) in [5.41, 5.74) is 0.232. The summed E-state index contributed by atoms with van der Waals surface area (Å²) in [4.78, 5) is 12.5. The van der Waals surface area contributed by atoms with Crippen LogP contribution in [0.15, 0.2) is 47.4 Å². The number of sulfonamides is 1. The fraction of sp³-hybridized carbons (Fsp3) is 0.350.